The van der Waals surface area contributed by atoms with Crippen molar-refractivity contribution in [1.29, 1.82) is 0 Å². The fourth-order valence-electron chi connectivity index (χ4n) is 6.35. The van der Waals surface area contributed by atoms with Gasteiger partial charge in [-0.2, -0.15) is 0 Å². The van der Waals surface area contributed by atoms with E-state index in [-0.39, 0.29) is 16.2 Å². The van der Waals surface area contributed by atoms with Crippen LogP contribution in [0, 0.1) is 0 Å². The molecule has 0 nitrogen and oxygen atoms in total. The summed E-state index contributed by atoms with van der Waals surface area (Å²) in [6.45, 7) is 13.9. The van der Waals surface area contributed by atoms with Gasteiger partial charge >= 0.3 is 0 Å². The minimum Gasteiger partial charge on any atom is -0.0835 e. The van der Waals surface area contributed by atoms with E-state index in [0.29, 0.717) is 4.83 Å². The Morgan fingerprint density at radius 2 is 1.26 bits per heavy atom. The molecule has 1 heteroatoms. The number of allylic oxidation sites excluding steroid dienone is 4. The molecule has 1 spiro atoms. The molecule has 0 fully saturated rings. The summed E-state index contributed by atoms with van der Waals surface area (Å²) in [5, 5.41) is 0. The fourth-order valence-corrected chi connectivity index (χ4v) is 7.06. The Morgan fingerprint density at radius 1 is 0.706 bits per heavy atom. The van der Waals surface area contributed by atoms with E-state index in [4.69, 9.17) is 0 Å². The van der Waals surface area contributed by atoms with E-state index >= 15 is 0 Å². The van der Waals surface area contributed by atoms with Crippen LogP contribution >= 0.6 is 15.9 Å². The quantitative estimate of drug-likeness (QED) is 0.265. The van der Waals surface area contributed by atoms with Crippen molar-refractivity contribution in [2.75, 3.05) is 0 Å². The highest BCUT2D eigenvalue weighted by molar-refractivity contribution is 9.09. The van der Waals surface area contributed by atoms with Gasteiger partial charge in [-0.15, -0.1) is 0 Å². The van der Waals surface area contributed by atoms with E-state index in [0.717, 1.165) is 6.42 Å². The van der Waals surface area contributed by atoms with Crippen LogP contribution < -0.4 is 0 Å². The summed E-state index contributed by atoms with van der Waals surface area (Å²) < 4.78 is 0. The molecule has 1 unspecified atom stereocenters. The second-order valence-electron chi connectivity index (χ2n) is 12.2. The number of rotatable bonds is 0. The second kappa shape index (κ2) is 7.08. The molecule has 0 aromatic heterocycles. The van der Waals surface area contributed by atoms with Crippen LogP contribution in [0.15, 0.2) is 78.4 Å². The molecule has 1 atom stereocenters. The van der Waals surface area contributed by atoms with Crippen LogP contribution in [0.3, 0.4) is 0 Å². The summed E-state index contributed by atoms with van der Waals surface area (Å²) in [5.74, 6) is 0. The average molecular weight is 510 g/mol. The zero-order valence-corrected chi connectivity index (χ0v) is 22.7. The largest absolute Gasteiger partial charge is 0.0835 e. The molecule has 0 radical (unpaired) electrons. The third kappa shape index (κ3) is 2.83. The molecule has 0 amide bonds. The zero-order valence-electron chi connectivity index (χ0n) is 21.1. The van der Waals surface area contributed by atoms with Crippen LogP contribution in [0.2, 0.25) is 0 Å². The first-order valence-electron chi connectivity index (χ1n) is 12.5. The lowest BCUT2D eigenvalue weighted by atomic mass is 9.67. The predicted octanol–water partition coefficient (Wildman–Crippen LogP) is 9.09. The Labute approximate surface area is 212 Å². The maximum Gasteiger partial charge on any atom is 0.0722 e. The van der Waals surface area contributed by atoms with Crippen molar-refractivity contribution < 1.29 is 0 Å². The highest BCUT2D eigenvalue weighted by Crippen LogP contribution is 2.64. The molecule has 6 rings (SSSR count). The molecule has 3 aliphatic carbocycles. The summed E-state index contributed by atoms with van der Waals surface area (Å²) in [4.78, 5) is 0.345. The number of halogens is 1. The van der Waals surface area contributed by atoms with E-state index in [2.05, 4.69) is 130 Å². The molecule has 3 aromatic carbocycles. The molecule has 0 saturated carbocycles. The first kappa shape index (κ1) is 22.1. The van der Waals surface area contributed by atoms with Gasteiger partial charge in [0.05, 0.1) is 5.41 Å². The predicted molar refractivity (Wildman–Crippen MR) is 149 cm³/mol. The van der Waals surface area contributed by atoms with Gasteiger partial charge in [0, 0.05) is 4.83 Å². The van der Waals surface area contributed by atoms with Gasteiger partial charge in [-0.1, -0.05) is 130 Å². The second-order valence-corrected chi connectivity index (χ2v) is 13.4. The van der Waals surface area contributed by atoms with Gasteiger partial charge in [0.1, 0.15) is 0 Å². The van der Waals surface area contributed by atoms with Crippen molar-refractivity contribution in [1.82, 2.24) is 0 Å². The van der Waals surface area contributed by atoms with E-state index in [1.807, 2.05) is 0 Å². The maximum atomic E-state index is 4.06. The Hall–Kier alpha value is -2.38. The topological polar surface area (TPSA) is 0 Å². The Kier molecular flexibility index (Phi) is 4.60. The minimum atomic E-state index is -0.262. The van der Waals surface area contributed by atoms with Crippen LogP contribution in [0.5, 0.6) is 0 Å². The molecule has 0 N–H and O–H groups in total. The van der Waals surface area contributed by atoms with Gasteiger partial charge in [-0.25, -0.2) is 0 Å². The van der Waals surface area contributed by atoms with Crippen molar-refractivity contribution in [2.24, 2.45) is 0 Å². The van der Waals surface area contributed by atoms with Crippen molar-refractivity contribution in [2.45, 2.75) is 69.0 Å². The molecule has 3 aliphatic rings. The SMILES string of the molecule is CC(C)(C)c1ccc2c(c1)C1(C3=C(c4ccccc41)C(Br)CC=C3)c1cc(C(C)(C)C)ccc1-2. The Morgan fingerprint density at radius 3 is 1.82 bits per heavy atom. The minimum absolute atomic E-state index is 0.0945. The van der Waals surface area contributed by atoms with Crippen molar-refractivity contribution in [3.05, 3.63) is 112 Å². The van der Waals surface area contributed by atoms with Crippen LogP contribution in [0.4, 0.5) is 0 Å². The lowest BCUT2D eigenvalue weighted by Gasteiger charge is -2.34. The standard InChI is InChI=1S/C33H33Br/c1-31(2,3)20-14-16-22-23-17-15-21(32(4,5)6)19-28(23)33(27(22)18-20)25-11-8-7-10-24(25)30-26(33)12-9-13-29(30)34/h7-12,14-19,29H,13H2,1-6H3. The van der Waals surface area contributed by atoms with E-state index in [1.54, 1.807) is 0 Å². The number of fused-ring (bicyclic) bond motifs is 9. The lowest BCUT2D eigenvalue weighted by molar-refractivity contribution is 0.586. The summed E-state index contributed by atoms with van der Waals surface area (Å²) in [6.07, 6.45) is 5.83. The Balaban J connectivity index is 1.79. The summed E-state index contributed by atoms with van der Waals surface area (Å²) in [5.41, 5.74) is 14.2. The molecular weight excluding hydrogens is 476 g/mol. The van der Waals surface area contributed by atoms with E-state index in [1.165, 1.54) is 55.7 Å². The maximum absolute atomic E-state index is 4.06. The van der Waals surface area contributed by atoms with Gasteiger partial charge in [0.15, 0.2) is 0 Å². The molecule has 0 saturated heterocycles. The highest BCUT2D eigenvalue weighted by atomic mass is 79.9. The van der Waals surface area contributed by atoms with Crippen molar-refractivity contribution in [3.8, 4) is 11.1 Å². The molecule has 0 aliphatic heterocycles. The molecule has 172 valence electrons. The average Bonchev–Trinajstić information content (AvgIpc) is 3.25. The van der Waals surface area contributed by atoms with Crippen LogP contribution in [0.25, 0.3) is 16.7 Å². The van der Waals surface area contributed by atoms with Gasteiger partial charge in [0.2, 0.25) is 0 Å². The normalized spacial score (nSPS) is 19.8. The molecule has 0 heterocycles. The smallest absolute Gasteiger partial charge is 0.0722 e. The third-order valence-electron chi connectivity index (χ3n) is 8.13. The van der Waals surface area contributed by atoms with Crippen molar-refractivity contribution in [3.63, 3.8) is 0 Å². The summed E-state index contributed by atoms with van der Waals surface area (Å²) >= 11 is 4.06. The summed E-state index contributed by atoms with van der Waals surface area (Å²) in [7, 11) is 0. The lowest BCUT2D eigenvalue weighted by Crippen LogP contribution is -2.28. The molecular formula is C33H33Br. The molecule has 34 heavy (non-hydrogen) atoms. The first-order chi connectivity index (χ1) is 16.0. The molecule has 3 aromatic rings. The number of alkyl halides is 1. The zero-order chi connectivity index (χ0) is 24.0. The number of benzene rings is 3. The number of hydrogen-bond donors (Lipinski definition) is 0. The van der Waals surface area contributed by atoms with Crippen LogP contribution in [0.1, 0.15) is 81.3 Å². The fraction of sp³-hybridized carbons (Fsp3) is 0.333. The van der Waals surface area contributed by atoms with Gasteiger partial charge in [0.25, 0.3) is 0 Å². The van der Waals surface area contributed by atoms with Crippen molar-refractivity contribution >= 4 is 21.5 Å². The monoisotopic (exact) mass is 508 g/mol. The first-order valence-corrected chi connectivity index (χ1v) is 13.4. The van der Waals surface area contributed by atoms with E-state index in [9.17, 15) is 0 Å². The van der Waals surface area contributed by atoms with Gasteiger partial charge in [-0.05, 0) is 72.9 Å². The third-order valence-corrected chi connectivity index (χ3v) is 8.96. The van der Waals surface area contributed by atoms with E-state index < -0.39 is 0 Å². The van der Waals surface area contributed by atoms with Gasteiger partial charge < -0.3 is 0 Å². The van der Waals surface area contributed by atoms with Crippen LogP contribution in [-0.4, -0.2) is 4.83 Å². The Bertz CT molecular complexity index is 1340. The summed E-state index contributed by atoms with van der Waals surface area (Å²) in [6, 6.07) is 23.7. The van der Waals surface area contributed by atoms with Gasteiger partial charge in [-0.3, -0.25) is 0 Å². The highest BCUT2D eigenvalue weighted by Gasteiger charge is 2.53. The number of hydrogen-bond acceptors (Lipinski definition) is 0. The molecule has 0 bridgehead atoms. The van der Waals surface area contributed by atoms with Crippen LogP contribution in [-0.2, 0) is 16.2 Å².